The highest BCUT2D eigenvalue weighted by molar-refractivity contribution is 7.86. The lowest BCUT2D eigenvalue weighted by molar-refractivity contribution is 0.323. The summed E-state index contributed by atoms with van der Waals surface area (Å²) < 4.78 is 43.8. The first-order valence-electron chi connectivity index (χ1n) is 7.83. The van der Waals surface area contributed by atoms with Gasteiger partial charge in [0.25, 0.3) is 10.2 Å². The summed E-state index contributed by atoms with van der Waals surface area (Å²) in [5.41, 5.74) is 0.934. The molecule has 136 valence electrons. The Morgan fingerprint density at radius 1 is 1.04 bits per heavy atom. The van der Waals surface area contributed by atoms with Crippen molar-refractivity contribution in [2.24, 2.45) is 0 Å². The van der Waals surface area contributed by atoms with Crippen LogP contribution in [0.3, 0.4) is 0 Å². The Balaban J connectivity index is 2.21. The van der Waals surface area contributed by atoms with E-state index in [9.17, 15) is 8.42 Å². The lowest BCUT2D eigenvalue weighted by Gasteiger charge is -2.25. The second-order valence-corrected chi connectivity index (χ2v) is 8.01. The molecule has 1 aliphatic carbocycles. The second-order valence-electron chi connectivity index (χ2n) is 5.92. The normalized spacial score (nSPS) is 15.0. The topological polar surface area (TPSA) is 68.3 Å². The number of methoxy groups -OCH3 is 3. The predicted molar refractivity (Wildman–Crippen MR) is 92.1 cm³/mol. The first kappa shape index (κ1) is 18.8. The van der Waals surface area contributed by atoms with Gasteiger partial charge in [0, 0.05) is 26.7 Å². The molecule has 0 aliphatic heterocycles. The third-order valence-corrected chi connectivity index (χ3v) is 6.05. The summed E-state index contributed by atoms with van der Waals surface area (Å²) in [5, 5.41) is 0. The molecular weight excluding hydrogens is 332 g/mol. The van der Waals surface area contributed by atoms with Crippen molar-refractivity contribution in [2.75, 3.05) is 42.0 Å². The van der Waals surface area contributed by atoms with Crippen LogP contribution >= 0.6 is 0 Å². The number of rotatable bonds is 9. The molecule has 0 unspecified atom stereocenters. The van der Waals surface area contributed by atoms with Crippen LogP contribution in [-0.4, -0.2) is 65.0 Å². The van der Waals surface area contributed by atoms with E-state index < -0.39 is 10.2 Å². The Labute approximate surface area is 144 Å². The van der Waals surface area contributed by atoms with E-state index in [4.69, 9.17) is 14.2 Å². The maximum Gasteiger partial charge on any atom is 0.281 e. The van der Waals surface area contributed by atoms with E-state index in [1.807, 2.05) is 12.1 Å². The second kappa shape index (κ2) is 7.58. The van der Waals surface area contributed by atoms with Crippen molar-refractivity contribution >= 4 is 10.2 Å². The minimum atomic E-state index is -3.41. The van der Waals surface area contributed by atoms with Gasteiger partial charge in [0.1, 0.15) is 0 Å². The smallest absolute Gasteiger partial charge is 0.281 e. The molecule has 0 heterocycles. The molecule has 0 amide bonds. The van der Waals surface area contributed by atoms with Gasteiger partial charge in [-0.2, -0.15) is 17.0 Å². The molecule has 0 atom stereocenters. The molecule has 0 bridgehead atoms. The highest BCUT2D eigenvalue weighted by Gasteiger charge is 2.38. The van der Waals surface area contributed by atoms with Gasteiger partial charge < -0.3 is 14.2 Å². The lowest BCUT2D eigenvalue weighted by atomic mass is 10.1. The van der Waals surface area contributed by atoms with Crippen LogP contribution in [0.2, 0.25) is 0 Å². The van der Waals surface area contributed by atoms with Crippen molar-refractivity contribution in [1.29, 1.82) is 0 Å². The number of nitrogens with zero attached hydrogens (tertiary/aromatic N) is 2. The van der Waals surface area contributed by atoms with Crippen molar-refractivity contribution in [3.63, 3.8) is 0 Å². The van der Waals surface area contributed by atoms with Gasteiger partial charge in [-0.1, -0.05) is 0 Å². The van der Waals surface area contributed by atoms with Crippen LogP contribution in [0.15, 0.2) is 12.1 Å². The van der Waals surface area contributed by atoms with Gasteiger partial charge in [0.15, 0.2) is 11.5 Å². The van der Waals surface area contributed by atoms with Crippen molar-refractivity contribution < 1.29 is 22.6 Å². The molecule has 1 aromatic carbocycles. The summed E-state index contributed by atoms with van der Waals surface area (Å²) >= 11 is 0. The summed E-state index contributed by atoms with van der Waals surface area (Å²) in [6.45, 7) is 0.420. The molecule has 1 saturated carbocycles. The van der Waals surface area contributed by atoms with Crippen LogP contribution in [0.1, 0.15) is 18.4 Å². The molecule has 0 spiro atoms. The molecule has 1 aliphatic rings. The number of ether oxygens (including phenoxy) is 3. The van der Waals surface area contributed by atoms with Crippen LogP contribution < -0.4 is 14.2 Å². The van der Waals surface area contributed by atoms with Crippen LogP contribution in [-0.2, 0) is 16.6 Å². The zero-order valence-corrected chi connectivity index (χ0v) is 15.7. The lowest BCUT2D eigenvalue weighted by Crippen LogP contribution is -2.42. The SMILES string of the molecule is COc1cc(CCN(C2CC2)S(=O)(=O)N(C)C)cc(OC)c1OC. The summed E-state index contributed by atoms with van der Waals surface area (Å²) in [7, 11) is 4.39. The van der Waals surface area contributed by atoms with Crippen LogP contribution in [0.5, 0.6) is 17.2 Å². The average molecular weight is 358 g/mol. The van der Waals surface area contributed by atoms with Crippen LogP contribution in [0, 0.1) is 0 Å². The van der Waals surface area contributed by atoms with Gasteiger partial charge in [-0.05, 0) is 37.0 Å². The van der Waals surface area contributed by atoms with E-state index in [2.05, 4.69) is 0 Å². The molecule has 1 aromatic rings. The average Bonchev–Trinajstić information content (AvgIpc) is 3.38. The van der Waals surface area contributed by atoms with Gasteiger partial charge in [-0.15, -0.1) is 0 Å². The number of benzene rings is 1. The molecule has 0 aromatic heterocycles. The molecule has 7 nitrogen and oxygen atoms in total. The Bertz CT molecular complexity index is 646. The monoisotopic (exact) mass is 358 g/mol. The zero-order valence-electron chi connectivity index (χ0n) is 14.9. The van der Waals surface area contributed by atoms with E-state index in [0.717, 1.165) is 18.4 Å². The van der Waals surface area contributed by atoms with E-state index in [1.165, 1.54) is 4.31 Å². The van der Waals surface area contributed by atoms with E-state index in [-0.39, 0.29) is 6.04 Å². The quantitative estimate of drug-likeness (QED) is 0.670. The van der Waals surface area contributed by atoms with Crippen molar-refractivity contribution in [2.45, 2.75) is 25.3 Å². The Kier molecular flexibility index (Phi) is 5.95. The molecule has 2 rings (SSSR count). The summed E-state index contributed by atoms with van der Waals surface area (Å²) in [6.07, 6.45) is 2.41. The van der Waals surface area contributed by atoms with E-state index in [1.54, 1.807) is 39.7 Å². The summed E-state index contributed by atoms with van der Waals surface area (Å²) in [5.74, 6) is 1.67. The Hall–Kier alpha value is -1.51. The third-order valence-electron chi connectivity index (χ3n) is 4.06. The fraction of sp³-hybridized carbons (Fsp3) is 0.625. The zero-order chi connectivity index (χ0) is 17.9. The van der Waals surface area contributed by atoms with E-state index >= 15 is 0 Å². The Morgan fingerprint density at radius 2 is 1.58 bits per heavy atom. The third kappa shape index (κ3) is 3.93. The Morgan fingerprint density at radius 3 is 1.96 bits per heavy atom. The maximum atomic E-state index is 12.5. The first-order valence-corrected chi connectivity index (χ1v) is 9.23. The molecular formula is C16H26N2O5S. The molecule has 8 heteroatoms. The van der Waals surface area contributed by atoms with Crippen LogP contribution in [0.25, 0.3) is 0 Å². The van der Waals surface area contributed by atoms with E-state index in [0.29, 0.717) is 30.2 Å². The molecule has 24 heavy (non-hydrogen) atoms. The highest BCUT2D eigenvalue weighted by atomic mass is 32.2. The van der Waals surface area contributed by atoms with Gasteiger partial charge in [-0.25, -0.2) is 0 Å². The largest absolute Gasteiger partial charge is 0.493 e. The predicted octanol–water partition coefficient (Wildman–Crippen LogP) is 1.53. The molecule has 0 N–H and O–H groups in total. The maximum absolute atomic E-state index is 12.5. The van der Waals surface area contributed by atoms with Gasteiger partial charge >= 0.3 is 0 Å². The number of hydrogen-bond acceptors (Lipinski definition) is 5. The van der Waals surface area contributed by atoms with Gasteiger partial charge in [0.2, 0.25) is 5.75 Å². The summed E-state index contributed by atoms with van der Waals surface area (Å²) in [4.78, 5) is 0. The molecule has 1 fully saturated rings. The van der Waals surface area contributed by atoms with Gasteiger partial charge in [0.05, 0.1) is 21.3 Å². The first-order chi connectivity index (χ1) is 11.3. The fourth-order valence-electron chi connectivity index (χ4n) is 2.58. The standard InChI is InChI=1S/C16H26N2O5S/c1-17(2)24(19,20)18(13-6-7-13)9-8-12-10-14(21-3)16(23-5)15(11-12)22-4/h10-11,13H,6-9H2,1-5H3. The van der Waals surface area contributed by atoms with Gasteiger partial charge in [-0.3, -0.25) is 0 Å². The van der Waals surface area contributed by atoms with Crippen molar-refractivity contribution in [1.82, 2.24) is 8.61 Å². The summed E-state index contributed by atoms with van der Waals surface area (Å²) in [6, 6.07) is 3.82. The number of hydrogen-bond donors (Lipinski definition) is 0. The molecule has 0 radical (unpaired) electrons. The molecule has 0 saturated heterocycles. The highest BCUT2D eigenvalue weighted by Crippen LogP contribution is 2.38. The van der Waals surface area contributed by atoms with Crippen molar-refractivity contribution in [3.8, 4) is 17.2 Å². The van der Waals surface area contributed by atoms with Crippen molar-refractivity contribution in [3.05, 3.63) is 17.7 Å². The minimum absolute atomic E-state index is 0.111. The van der Waals surface area contributed by atoms with Crippen LogP contribution in [0.4, 0.5) is 0 Å². The minimum Gasteiger partial charge on any atom is -0.493 e. The fourth-order valence-corrected chi connectivity index (χ4v) is 3.91.